The number of hydrogen-bond acceptors (Lipinski definition) is 1. The quantitative estimate of drug-likeness (QED) is 0.754. The summed E-state index contributed by atoms with van der Waals surface area (Å²) in [5, 5.41) is 0.948. The third-order valence-corrected chi connectivity index (χ3v) is 2.55. The van der Waals surface area contributed by atoms with Crippen molar-refractivity contribution in [3.8, 4) is 0 Å². The summed E-state index contributed by atoms with van der Waals surface area (Å²) in [5.74, 6) is -0.176. The van der Waals surface area contributed by atoms with Gasteiger partial charge in [0.1, 0.15) is 5.82 Å². The molecule has 3 heteroatoms. The first-order chi connectivity index (χ1) is 7.22. The molecule has 0 radical (unpaired) electrons. The van der Waals surface area contributed by atoms with Gasteiger partial charge >= 0.3 is 0 Å². The normalized spacial score (nSPS) is 11.1. The SMILES string of the molecule is COCCn1ccc2cc(F)cc(C)c21. The van der Waals surface area contributed by atoms with Crippen LogP contribution in [0.5, 0.6) is 0 Å². The van der Waals surface area contributed by atoms with Crippen LogP contribution in [0.1, 0.15) is 5.56 Å². The Morgan fingerprint density at radius 3 is 2.93 bits per heavy atom. The van der Waals surface area contributed by atoms with Gasteiger partial charge in [0.15, 0.2) is 0 Å². The van der Waals surface area contributed by atoms with Gasteiger partial charge in [-0.2, -0.15) is 0 Å². The lowest BCUT2D eigenvalue weighted by atomic mass is 10.1. The highest BCUT2D eigenvalue weighted by Crippen LogP contribution is 2.21. The summed E-state index contributed by atoms with van der Waals surface area (Å²) in [6.07, 6.45) is 1.97. The molecule has 0 saturated heterocycles. The van der Waals surface area contributed by atoms with Gasteiger partial charge in [0.05, 0.1) is 12.1 Å². The first kappa shape index (κ1) is 10.2. The molecule has 0 aliphatic heterocycles. The number of halogens is 1. The Labute approximate surface area is 88.3 Å². The second-order valence-corrected chi connectivity index (χ2v) is 3.66. The molecule has 1 aromatic heterocycles. The average Bonchev–Trinajstić information content (AvgIpc) is 2.58. The first-order valence-corrected chi connectivity index (χ1v) is 4.96. The number of fused-ring (bicyclic) bond motifs is 1. The van der Waals surface area contributed by atoms with Crippen LogP contribution in [-0.2, 0) is 11.3 Å². The number of nitrogens with zero attached hydrogens (tertiary/aromatic N) is 1. The molecule has 1 aromatic carbocycles. The topological polar surface area (TPSA) is 14.2 Å². The van der Waals surface area contributed by atoms with E-state index in [1.165, 1.54) is 0 Å². The second-order valence-electron chi connectivity index (χ2n) is 3.66. The van der Waals surface area contributed by atoms with Crippen LogP contribution in [-0.4, -0.2) is 18.3 Å². The molecule has 0 aliphatic carbocycles. The van der Waals surface area contributed by atoms with E-state index in [2.05, 4.69) is 4.57 Å². The lowest BCUT2D eigenvalue weighted by molar-refractivity contribution is 0.188. The highest BCUT2D eigenvalue weighted by molar-refractivity contribution is 5.83. The summed E-state index contributed by atoms with van der Waals surface area (Å²) in [4.78, 5) is 0. The van der Waals surface area contributed by atoms with Crippen molar-refractivity contribution in [1.82, 2.24) is 4.57 Å². The number of benzene rings is 1. The van der Waals surface area contributed by atoms with Crippen molar-refractivity contribution in [3.63, 3.8) is 0 Å². The molecule has 0 saturated carbocycles. The third-order valence-electron chi connectivity index (χ3n) is 2.55. The highest BCUT2D eigenvalue weighted by atomic mass is 19.1. The number of aromatic nitrogens is 1. The van der Waals surface area contributed by atoms with Crippen LogP contribution in [0.4, 0.5) is 4.39 Å². The Morgan fingerprint density at radius 1 is 1.40 bits per heavy atom. The minimum atomic E-state index is -0.176. The molecule has 15 heavy (non-hydrogen) atoms. The van der Waals surface area contributed by atoms with E-state index >= 15 is 0 Å². The van der Waals surface area contributed by atoms with E-state index in [0.717, 1.165) is 23.0 Å². The number of ether oxygens (including phenoxy) is 1. The predicted molar refractivity (Wildman–Crippen MR) is 58.5 cm³/mol. The van der Waals surface area contributed by atoms with Crippen molar-refractivity contribution in [3.05, 3.63) is 35.8 Å². The second kappa shape index (κ2) is 4.03. The zero-order valence-corrected chi connectivity index (χ0v) is 8.96. The van der Waals surface area contributed by atoms with E-state index in [1.54, 1.807) is 19.2 Å². The summed E-state index contributed by atoms with van der Waals surface area (Å²) in [7, 11) is 1.68. The van der Waals surface area contributed by atoms with Gasteiger partial charge in [0.25, 0.3) is 0 Å². The zero-order valence-electron chi connectivity index (χ0n) is 8.96. The molecule has 2 aromatic rings. The van der Waals surface area contributed by atoms with Crippen molar-refractivity contribution >= 4 is 10.9 Å². The molecule has 2 nitrogen and oxygen atoms in total. The monoisotopic (exact) mass is 207 g/mol. The van der Waals surface area contributed by atoms with Crippen molar-refractivity contribution < 1.29 is 9.13 Å². The van der Waals surface area contributed by atoms with E-state index < -0.39 is 0 Å². The summed E-state index contributed by atoms with van der Waals surface area (Å²) in [5.41, 5.74) is 2.06. The lowest BCUT2D eigenvalue weighted by Crippen LogP contribution is -2.03. The molecule has 0 atom stereocenters. The number of aryl methyl sites for hydroxylation is 1. The fourth-order valence-electron chi connectivity index (χ4n) is 1.90. The number of rotatable bonds is 3. The molecule has 2 rings (SSSR count). The minimum absolute atomic E-state index is 0.176. The number of hydrogen-bond donors (Lipinski definition) is 0. The number of methoxy groups -OCH3 is 1. The third kappa shape index (κ3) is 1.88. The van der Waals surface area contributed by atoms with Gasteiger partial charge in [0.2, 0.25) is 0 Å². The summed E-state index contributed by atoms with van der Waals surface area (Å²) in [6.45, 7) is 3.39. The zero-order chi connectivity index (χ0) is 10.8. The van der Waals surface area contributed by atoms with Crippen LogP contribution >= 0.6 is 0 Å². The lowest BCUT2D eigenvalue weighted by Gasteiger charge is -2.06. The maximum atomic E-state index is 13.1. The molecule has 0 spiro atoms. The molecule has 0 unspecified atom stereocenters. The van der Waals surface area contributed by atoms with Crippen LogP contribution in [0.25, 0.3) is 10.9 Å². The van der Waals surface area contributed by atoms with E-state index in [9.17, 15) is 4.39 Å². The van der Waals surface area contributed by atoms with Crippen LogP contribution in [0, 0.1) is 12.7 Å². The molecule has 0 fully saturated rings. The standard InChI is InChI=1S/C12H14FNO/c1-9-7-11(13)8-10-3-4-14(12(9)10)5-6-15-2/h3-4,7-8H,5-6H2,1-2H3. The Morgan fingerprint density at radius 2 is 2.20 bits per heavy atom. The van der Waals surface area contributed by atoms with Gasteiger partial charge in [-0.05, 0) is 30.7 Å². The molecule has 80 valence electrons. The fraction of sp³-hybridized carbons (Fsp3) is 0.333. The van der Waals surface area contributed by atoms with Gasteiger partial charge < -0.3 is 9.30 Å². The van der Waals surface area contributed by atoms with E-state index in [-0.39, 0.29) is 5.82 Å². The van der Waals surface area contributed by atoms with Crippen molar-refractivity contribution in [1.29, 1.82) is 0 Å². The molecule has 0 aliphatic rings. The molecular weight excluding hydrogens is 193 g/mol. The van der Waals surface area contributed by atoms with Gasteiger partial charge in [-0.15, -0.1) is 0 Å². The Balaban J connectivity index is 2.49. The molecule has 0 bridgehead atoms. The highest BCUT2D eigenvalue weighted by Gasteiger charge is 2.05. The van der Waals surface area contributed by atoms with Crippen molar-refractivity contribution in [2.24, 2.45) is 0 Å². The van der Waals surface area contributed by atoms with E-state index in [1.807, 2.05) is 19.2 Å². The smallest absolute Gasteiger partial charge is 0.124 e. The molecule has 1 heterocycles. The largest absolute Gasteiger partial charge is 0.383 e. The molecular formula is C12H14FNO. The van der Waals surface area contributed by atoms with Gasteiger partial charge in [-0.3, -0.25) is 0 Å². The van der Waals surface area contributed by atoms with Gasteiger partial charge in [0, 0.05) is 25.2 Å². The van der Waals surface area contributed by atoms with Crippen LogP contribution < -0.4 is 0 Å². The van der Waals surface area contributed by atoms with E-state index in [0.29, 0.717) is 6.61 Å². The predicted octanol–water partition coefficient (Wildman–Crippen LogP) is 2.74. The molecule has 0 N–H and O–H groups in total. The first-order valence-electron chi connectivity index (χ1n) is 4.96. The van der Waals surface area contributed by atoms with Crippen molar-refractivity contribution in [2.45, 2.75) is 13.5 Å². The Kier molecular flexibility index (Phi) is 2.73. The van der Waals surface area contributed by atoms with Crippen LogP contribution in [0.3, 0.4) is 0 Å². The maximum Gasteiger partial charge on any atom is 0.124 e. The minimum Gasteiger partial charge on any atom is -0.383 e. The van der Waals surface area contributed by atoms with Crippen LogP contribution in [0.2, 0.25) is 0 Å². The Bertz CT molecular complexity index is 476. The van der Waals surface area contributed by atoms with Crippen LogP contribution in [0.15, 0.2) is 24.4 Å². The van der Waals surface area contributed by atoms with Gasteiger partial charge in [-0.25, -0.2) is 4.39 Å². The van der Waals surface area contributed by atoms with Crippen molar-refractivity contribution in [2.75, 3.05) is 13.7 Å². The molecule has 0 amide bonds. The summed E-state index contributed by atoms with van der Waals surface area (Å²) < 4.78 is 20.2. The average molecular weight is 207 g/mol. The summed E-state index contributed by atoms with van der Waals surface area (Å²) >= 11 is 0. The van der Waals surface area contributed by atoms with Gasteiger partial charge in [-0.1, -0.05) is 0 Å². The maximum absolute atomic E-state index is 13.1. The van der Waals surface area contributed by atoms with E-state index in [4.69, 9.17) is 4.74 Å². The fourth-order valence-corrected chi connectivity index (χ4v) is 1.90. The summed E-state index contributed by atoms with van der Waals surface area (Å²) in [6, 6.07) is 5.05. The Hall–Kier alpha value is -1.35.